The summed E-state index contributed by atoms with van der Waals surface area (Å²) in [5.41, 5.74) is 0.960. The second kappa shape index (κ2) is 5.57. The minimum Gasteiger partial charge on any atom is -0.374 e. The van der Waals surface area contributed by atoms with E-state index in [1.165, 1.54) is 0 Å². The summed E-state index contributed by atoms with van der Waals surface area (Å²) >= 11 is 0. The van der Waals surface area contributed by atoms with Gasteiger partial charge in [-0.2, -0.15) is 0 Å². The molecule has 1 rings (SSSR count). The predicted molar refractivity (Wildman–Crippen MR) is 51.4 cm³/mol. The van der Waals surface area contributed by atoms with Crippen molar-refractivity contribution >= 4 is 5.69 Å². The number of aliphatic hydroxyl groups is 1. The first kappa shape index (κ1) is 10.9. The molecular weight excluding hydrogens is 152 g/mol. The van der Waals surface area contributed by atoms with Gasteiger partial charge in [0.2, 0.25) is 0 Å². The highest BCUT2D eigenvalue weighted by molar-refractivity contribution is 5.42. The molecule has 0 saturated carbocycles. The lowest BCUT2D eigenvalue weighted by molar-refractivity contribution is 0.199. The van der Waals surface area contributed by atoms with E-state index >= 15 is 0 Å². The van der Waals surface area contributed by atoms with Crippen LogP contribution in [0.2, 0.25) is 0 Å². The maximum absolute atomic E-state index is 9.20. The zero-order chi connectivity index (χ0) is 8.10. The molecule has 0 radical (unpaired) electrons. The standard InChI is InChI=1S/C9H13NO.H3N/c1-2-9(11)10-8-6-4-3-5-7-8;/h3-7,9-11H,2H2,1H3;1H3. The highest BCUT2D eigenvalue weighted by Crippen LogP contribution is 2.06. The molecule has 0 aliphatic heterocycles. The number of anilines is 1. The summed E-state index contributed by atoms with van der Waals surface area (Å²) in [6.45, 7) is 1.93. The van der Waals surface area contributed by atoms with Crippen molar-refractivity contribution < 1.29 is 5.11 Å². The van der Waals surface area contributed by atoms with E-state index in [4.69, 9.17) is 0 Å². The smallest absolute Gasteiger partial charge is 0.124 e. The van der Waals surface area contributed by atoms with Crippen molar-refractivity contribution in [2.24, 2.45) is 0 Å². The van der Waals surface area contributed by atoms with Crippen LogP contribution in [0, 0.1) is 0 Å². The first-order valence-electron chi connectivity index (χ1n) is 3.82. The quantitative estimate of drug-likeness (QED) is 0.604. The van der Waals surface area contributed by atoms with Gasteiger partial charge in [0.15, 0.2) is 0 Å². The van der Waals surface area contributed by atoms with Gasteiger partial charge >= 0.3 is 0 Å². The molecular formula is C9H16N2O. The number of rotatable bonds is 3. The molecule has 0 fully saturated rings. The van der Waals surface area contributed by atoms with Gasteiger partial charge in [0.1, 0.15) is 6.23 Å². The van der Waals surface area contributed by atoms with Gasteiger partial charge in [-0.25, -0.2) is 0 Å². The molecule has 5 N–H and O–H groups in total. The monoisotopic (exact) mass is 168 g/mol. The average Bonchev–Trinajstić information content (AvgIpc) is 2.06. The lowest BCUT2D eigenvalue weighted by Gasteiger charge is -2.10. The minimum absolute atomic E-state index is 0. The molecule has 0 heterocycles. The first-order valence-corrected chi connectivity index (χ1v) is 3.82. The SMILES string of the molecule is CCC(O)Nc1ccccc1.N. The Morgan fingerprint density at radius 3 is 2.42 bits per heavy atom. The molecule has 0 amide bonds. The van der Waals surface area contributed by atoms with Gasteiger partial charge in [0, 0.05) is 5.69 Å². The number of para-hydroxylation sites is 1. The molecule has 0 spiro atoms. The van der Waals surface area contributed by atoms with Crippen LogP contribution in [-0.2, 0) is 0 Å². The Morgan fingerprint density at radius 2 is 1.92 bits per heavy atom. The number of nitrogens with one attached hydrogen (secondary N) is 1. The van der Waals surface area contributed by atoms with Gasteiger partial charge in [0.25, 0.3) is 0 Å². The minimum atomic E-state index is -0.433. The lowest BCUT2D eigenvalue weighted by Crippen LogP contribution is -2.16. The van der Waals surface area contributed by atoms with Gasteiger partial charge in [-0.05, 0) is 18.6 Å². The molecule has 3 heteroatoms. The molecule has 0 aromatic heterocycles. The van der Waals surface area contributed by atoms with E-state index < -0.39 is 6.23 Å². The van der Waals surface area contributed by atoms with Crippen LogP contribution in [0.3, 0.4) is 0 Å². The fourth-order valence-electron chi connectivity index (χ4n) is 0.829. The van der Waals surface area contributed by atoms with Gasteiger partial charge in [-0.3, -0.25) is 0 Å². The second-order valence-corrected chi connectivity index (χ2v) is 2.43. The van der Waals surface area contributed by atoms with Gasteiger partial charge in [0.05, 0.1) is 0 Å². The highest BCUT2D eigenvalue weighted by Gasteiger charge is 1.97. The molecule has 12 heavy (non-hydrogen) atoms. The zero-order valence-electron chi connectivity index (χ0n) is 7.33. The fraction of sp³-hybridized carbons (Fsp3) is 0.333. The van der Waals surface area contributed by atoms with Crippen LogP contribution in [0.15, 0.2) is 30.3 Å². The van der Waals surface area contributed by atoms with E-state index in [-0.39, 0.29) is 6.15 Å². The number of hydrogen-bond acceptors (Lipinski definition) is 3. The van der Waals surface area contributed by atoms with Crippen LogP contribution in [0.4, 0.5) is 5.69 Å². The normalized spacial score (nSPS) is 11.5. The Balaban J connectivity index is 0.00000121. The lowest BCUT2D eigenvalue weighted by atomic mass is 10.3. The fourth-order valence-corrected chi connectivity index (χ4v) is 0.829. The van der Waals surface area contributed by atoms with E-state index in [1.54, 1.807) is 0 Å². The van der Waals surface area contributed by atoms with Gasteiger partial charge in [-0.1, -0.05) is 25.1 Å². The Kier molecular flexibility index (Phi) is 5.08. The Hall–Kier alpha value is -1.06. The summed E-state index contributed by atoms with van der Waals surface area (Å²) in [6.07, 6.45) is 0.284. The van der Waals surface area contributed by atoms with Crippen molar-refractivity contribution in [3.05, 3.63) is 30.3 Å². The summed E-state index contributed by atoms with van der Waals surface area (Å²) in [6, 6.07) is 9.68. The topological polar surface area (TPSA) is 67.3 Å². The van der Waals surface area contributed by atoms with Gasteiger partial charge < -0.3 is 16.6 Å². The second-order valence-electron chi connectivity index (χ2n) is 2.43. The van der Waals surface area contributed by atoms with Crippen molar-refractivity contribution in [3.63, 3.8) is 0 Å². The number of benzene rings is 1. The summed E-state index contributed by atoms with van der Waals surface area (Å²) in [4.78, 5) is 0. The molecule has 0 saturated heterocycles. The molecule has 1 aromatic carbocycles. The summed E-state index contributed by atoms with van der Waals surface area (Å²) in [5.74, 6) is 0. The third kappa shape index (κ3) is 3.37. The molecule has 1 aromatic rings. The molecule has 1 atom stereocenters. The molecule has 3 nitrogen and oxygen atoms in total. The van der Waals surface area contributed by atoms with Crippen molar-refractivity contribution in [2.45, 2.75) is 19.6 Å². The third-order valence-electron chi connectivity index (χ3n) is 1.49. The summed E-state index contributed by atoms with van der Waals surface area (Å²) in [5, 5.41) is 12.1. The van der Waals surface area contributed by atoms with Crippen molar-refractivity contribution in [2.75, 3.05) is 5.32 Å². The van der Waals surface area contributed by atoms with Crippen LogP contribution in [-0.4, -0.2) is 11.3 Å². The third-order valence-corrected chi connectivity index (χ3v) is 1.49. The Bertz CT molecular complexity index is 201. The summed E-state index contributed by atoms with van der Waals surface area (Å²) < 4.78 is 0. The van der Waals surface area contributed by atoms with Crippen LogP contribution in [0.25, 0.3) is 0 Å². The summed E-state index contributed by atoms with van der Waals surface area (Å²) in [7, 11) is 0. The molecule has 1 unspecified atom stereocenters. The molecule has 68 valence electrons. The van der Waals surface area contributed by atoms with Crippen LogP contribution in [0.5, 0.6) is 0 Å². The average molecular weight is 168 g/mol. The molecule has 0 aliphatic carbocycles. The Labute approximate surface area is 73.0 Å². The Morgan fingerprint density at radius 1 is 1.33 bits per heavy atom. The zero-order valence-corrected chi connectivity index (χ0v) is 7.33. The van der Waals surface area contributed by atoms with Crippen molar-refractivity contribution in [1.29, 1.82) is 0 Å². The predicted octanol–water partition coefficient (Wildman–Crippen LogP) is 1.99. The largest absolute Gasteiger partial charge is 0.374 e. The highest BCUT2D eigenvalue weighted by atomic mass is 16.3. The van der Waals surface area contributed by atoms with E-state index in [9.17, 15) is 5.11 Å². The number of hydrogen-bond donors (Lipinski definition) is 3. The van der Waals surface area contributed by atoms with E-state index in [0.717, 1.165) is 12.1 Å². The van der Waals surface area contributed by atoms with Crippen LogP contribution in [0.1, 0.15) is 13.3 Å². The van der Waals surface area contributed by atoms with Crippen molar-refractivity contribution in [1.82, 2.24) is 6.15 Å². The van der Waals surface area contributed by atoms with Crippen molar-refractivity contribution in [3.8, 4) is 0 Å². The maximum atomic E-state index is 9.20. The van der Waals surface area contributed by atoms with Crippen LogP contribution >= 0.6 is 0 Å². The van der Waals surface area contributed by atoms with E-state index in [0.29, 0.717) is 0 Å². The van der Waals surface area contributed by atoms with Crippen LogP contribution < -0.4 is 11.5 Å². The van der Waals surface area contributed by atoms with Gasteiger partial charge in [-0.15, -0.1) is 0 Å². The molecule has 0 bridgehead atoms. The number of aliphatic hydroxyl groups excluding tert-OH is 1. The van der Waals surface area contributed by atoms with E-state index in [1.807, 2.05) is 37.3 Å². The van der Waals surface area contributed by atoms with E-state index in [2.05, 4.69) is 5.32 Å². The maximum Gasteiger partial charge on any atom is 0.124 e. The first-order chi connectivity index (χ1) is 5.33. The molecule has 0 aliphatic rings.